The molecule has 9 nitrogen and oxygen atoms in total. The van der Waals surface area contributed by atoms with E-state index in [2.05, 4.69) is 16.3 Å². The van der Waals surface area contributed by atoms with Crippen LogP contribution in [-0.4, -0.2) is 91.2 Å². The topological polar surface area (TPSA) is 69.4 Å². The maximum absolute atomic E-state index is 14.1. The minimum Gasteiger partial charge on any atom is -0.463 e. The summed E-state index contributed by atoms with van der Waals surface area (Å²) in [6, 6.07) is 3.27. The summed E-state index contributed by atoms with van der Waals surface area (Å²) in [4.78, 5) is 33.2. The van der Waals surface area contributed by atoms with Crippen LogP contribution in [-0.2, 0) is 23.9 Å². The third kappa shape index (κ3) is 6.59. The van der Waals surface area contributed by atoms with Gasteiger partial charge in [-0.2, -0.15) is 23.1 Å². The van der Waals surface area contributed by atoms with Crippen molar-refractivity contribution in [3.63, 3.8) is 0 Å². The summed E-state index contributed by atoms with van der Waals surface area (Å²) in [6.45, 7) is 15.6. The second kappa shape index (κ2) is 12.4. The lowest BCUT2D eigenvalue weighted by molar-refractivity contribution is -0.137. The standard InChI is InChI=1S/C31H37ClF3N7O2/c1-6-26(43)41-13-12-40(16-21(41)15-36-3)28-22-14-20(2)42(27-23(31(33,34)35)8-7-9-24(27)32)17-25(22)37-29(38-28)44-19-30(10-11-30)18-39(4)5/h6-9,20-21H,1,10-19H2,2,4-5H3/t20?,21-/m0/s1. The average molecular weight is 632 g/mol. The molecule has 1 aromatic carbocycles. The minimum atomic E-state index is -4.59. The molecule has 1 saturated heterocycles. The van der Waals surface area contributed by atoms with Crippen LogP contribution in [0.5, 0.6) is 6.01 Å². The Balaban J connectivity index is 1.53. The Kier molecular flexibility index (Phi) is 9.01. The number of halogens is 4. The van der Waals surface area contributed by atoms with Gasteiger partial charge in [0, 0.05) is 43.2 Å². The molecule has 13 heteroatoms. The lowest BCUT2D eigenvalue weighted by Crippen LogP contribution is -2.56. The average Bonchev–Trinajstić information content (AvgIpc) is 3.73. The zero-order valence-electron chi connectivity index (χ0n) is 25.2. The third-order valence-corrected chi connectivity index (χ3v) is 8.94. The van der Waals surface area contributed by atoms with Gasteiger partial charge in [0.15, 0.2) is 0 Å². The van der Waals surface area contributed by atoms with Crippen molar-refractivity contribution in [2.75, 3.05) is 63.2 Å². The van der Waals surface area contributed by atoms with Gasteiger partial charge in [-0.15, -0.1) is 0 Å². The number of hydrogen-bond donors (Lipinski definition) is 0. The molecule has 2 fully saturated rings. The first-order chi connectivity index (χ1) is 20.9. The van der Waals surface area contributed by atoms with Crippen molar-refractivity contribution < 1.29 is 22.7 Å². The van der Waals surface area contributed by atoms with Gasteiger partial charge < -0.3 is 29.2 Å². The number of alkyl halides is 3. The Morgan fingerprint density at radius 3 is 2.68 bits per heavy atom. The smallest absolute Gasteiger partial charge is 0.418 e. The van der Waals surface area contributed by atoms with Gasteiger partial charge in [-0.05, 0) is 58.5 Å². The van der Waals surface area contributed by atoms with Crippen LogP contribution in [0.3, 0.4) is 0 Å². The number of nitrogens with zero attached hydrogens (tertiary/aromatic N) is 7. The van der Waals surface area contributed by atoms with Crippen molar-refractivity contribution in [3.8, 4) is 6.01 Å². The van der Waals surface area contributed by atoms with Crippen molar-refractivity contribution in [2.45, 2.75) is 51.0 Å². The number of fused-ring (bicyclic) bond motifs is 1. The molecule has 0 spiro atoms. The second-order valence-corrected chi connectivity index (χ2v) is 12.7. The van der Waals surface area contributed by atoms with E-state index in [1.54, 1.807) is 9.80 Å². The summed E-state index contributed by atoms with van der Waals surface area (Å²) < 4.78 is 48.5. The molecule has 2 aromatic rings. The minimum absolute atomic E-state index is 0.0139. The van der Waals surface area contributed by atoms with Crippen molar-refractivity contribution in [1.29, 1.82) is 0 Å². The Labute approximate surface area is 261 Å². The maximum Gasteiger partial charge on any atom is 0.418 e. The van der Waals surface area contributed by atoms with Crippen molar-refractivity contribution in [2.24, 2.45) is 5.41 Å². The van der Waals surface area contributed by atoms with Gasteiger partial charge in [-0.1, -0.05) is 24.2 Å². The fourth-order valence-corrected chi connectivity index (χ4v) is 6.63. The molecule has 0 bridgehead atoms. The van der Waals surface area contributed by atoms with Crippen LogP contribution in [0.1, 0.15) is 36.6 Å². The highest BCUT2D eigenvalue weighted by molar-refractivity contribution is 6.33. The molecule has 1 aromatic heterocycles. The fourth-order valence-electron chi connectivity index (χ4n) is 6.35. The zero-order chi connectivity index (χ0) is 31.8. The molecule has 5 rings (SSSR count). The molecule has 236 valence electrons. The lowest BCUT2D eigenvalue weighted by atomic mass is 9.96. The lowest BCUT2D eigenvalue weighted by Gasteiger charge is -2.42. The van der Waals surface area contributed by atoms with E-state index in [1.807, 2.05) is 25.9 Å². The van der Waals surface area contributed by atoms with E-state index >= 15 is 0 Å². The molecule has 3 heterocycles. The summed E-state index contributed by atoms with van der Waals surface area (Å²) in [6.07, 6.45) is -0.905. The van der Waals surface area contributed by atoms with Crippen LogP contribution in [0, 0.1) is 12.0 Å². The van der Waals surface area contributed by atoms with Gasteiger partial charge in [0.05, 0.1) is 35.1 Å². The summed E-state index contributed by atoms with van der Waals surface area (Å²) in [5, 5.41) is 0.0187. The van der Waals surface area contributed by atoms with E-state index < -0.39 is 11.7 Å². The van der Waals surface area contributed by atoms with Gasteiger partial charge in [-0.25, -0.2) is 6.57 Å². The normalized spacial score (nSPS) is 21.1. The highest BCUT2D eigenvalue weighted by Crippen LogP contribution is 2.47. The number of piperazine rings is 1. The second-order valence-electron chi connectivity index (χ2n) is 12.3. The molecular formula is C31H37ClF3N7O2. The Bertz CT molecular complexity index is 1460. The largest absolute Gasteiger partial charge is 0.463 e. The van der Waals surface area contributed by atoms with E-state index in [0.29, 0.717) is 44.2 Å². The molecule has 1 saturated carbocycles. The Morgan fingerprint density at radius 1 is 1.30 bits per heavy atom. The predicted octanol–water partition coefficient (Wildman–Crippen LogP) is 4.94. The van der Waals surface area contributed by atoms with Gasteiger partial charge in [0.1, 0.15) is 11.9 Å². The zero-order valence-corrected chi connectivity index (χ0v) is 26.0. The van der Waals surface area contributed by atoms with Crippen molar-refractivity contribution in [3.05, 3.63) is 64.1 Å². The highest BCUT2D eigenvalue weighted by Gasteiger charge is 2.45. The summed E-state index contributed by atoms with van der Waals surface area (Å²) in [5.74, 6) is 0.400. The highest BCUT2D eigenvalue weighted by atomic mass is 35.5. The third-order valence-electron chi connectivity index (χ3n) is 8.64. The molecule has 44 heavy (non-hydrogen) atoms. The molecular weight excluding hydrogens is 595 g/mol. The number of amides is 1. The van der Waals surface area contributed by atoms with Crippen LogP contribution < -0.4 is 14.5 Å². The first-order valence-electron chi connectivity index (χ1n) is 14.7. The fraction of sp³-hybridized carbons (Fsp3) is 0.548. The van der Waals surface area contributed by atoms with Crippen LogP contribution >= 0.6 is 11.6 Å². The van der Waals surface area contributed by atoms with E-state index in [9.17, 15) is 18.0 Å². The van der Waals surface area contributed by atoms with E-state index in [1.165, 1.54) is 18.2 Å². The molecule has 0 radical (unpaired) electrons. The SMILES string of the molecule is [C-]#[N+]C[C@H]1CN(c2nc(OCC3(CN(C)C)CC3)nc3c2CC(C)N(c2c(Cl)cccc2C(F)(F)F)C3)CCN1C(=O)C=C. The van der Waals surface area contributed by atoms with Gasteiger partial charge in [0.2, 0.25) is 12.5 Å². The van der Waals surface area contributed by atoms with Gasteiger partial charge in [0.25, 0.3) is 0 Å². The van der Waals surface area contributed by atoms with Gasteiger partial charge in [-0.3, -0.25) is 4.79 Å². The summed E-state index contributed by atoms with van der Waals surface area (Å²) in [7, 11) is 4.03. The first-order valence-corrected chi connectivity index (χ1v) is 15.0. The number of aromatic nitrogens is 2. The Hall–Kier alpha value is -3.56. The molecule has 2 atom stereocenters. The van der Waals surface area contributed by atoms with Crippen LogP contribution in [0.25, 0.3) is 4.85 Å². The number of carbonyl (C=O) groups is 1. The van der Waals surface area contributed by atoms with E-state index in [4.69, 9.17) is 32.9 Å². The number of ether oxygens (including phenoxy) is 1. The predicted molar refractivity (Wildman–Crippen MR) is 163 cm³/mol. The number of hydrogen-bond acceptors (Lipinski definition) is 7. The van der Waals surface area contributed by atoms with Crippen LogP contribution in [0.2, 0.25) is 5.02 Å². The molecule has 1 aliphatic carbocycles. The van der Waals surface area contributed by atoms with Crippen molar-refractivity contribution in [1.82, 2.24) is 19.8 Å². The monoisotopic (exact) mass is 631 g/mol. The number of anilines is 2. The van der Waals surface area contributed by atoms with Crippen LogP contribution in [0.15, 0.2) is 30.9 Å². The number of benzene rings is 1. The molecule has 2 aliphatic heterocycles. The van der Waals surface area contributed by atoms with Crippen molar-refractivity contribution >= 4 is 29.0 Å². The molecule has 1 amide bonds. The first kappa shape index (κ1) is 31.9. The van der Waals surface area contributed by atoms with Crippen LogP contribution in [0.4, 0.5) is 24.7 Å². The quantitative estimate of drug-likeness (QED) is 0.287. The van der Waals surface area contributed by atoms with Gasteiger partial charge >= 0.3 is 12.2 Å². The number of carbonyl (C=O) groups excluding carboxylic acids is 1. The summed E-state index contributed by atoms with van der Waals surface area (Å²) >= 11 is 6.42. The molecule has 1 unspecified atom stereocenters. The Morgan fingerprint density at radius 2 is 2.05 bits per heavy atom. The number of rotatable bonds is 9. The molecule has 0 N–H and O–H groups in total. The maximum atomic E-state index is 14.1. The van der Waals surface area contributed by atoms with E-state index in [-0.39, 0.29) is 53.2 Å². The summed E-state index contributed by atoms with van der Waals surface area (Å²) in [5.41, 5.74) is 0.538. The molecule has 3 aliphatic rings. The van der Waals surface area contributed by atoms with E-state index in [0.717, 1.165) is 31.0 Å². The number of para-hydroxylation sites is 1.